The number of aromatic nitrogens is 3. The zero-order valence-corrected chi connectivity index (χ0v) is 12.6. The number of carboxylic acids is 1. The van der Waals surface area contributed by atoms with Gasteiger partial charge in [-0.1, -0.05) is 30.3 Å². The number of rotatable bonds is 6. The lowest BCUT2D eigenvalue weighted by Crippen LogP contribution is -2.36. The number of nitrogens with zero attached hydrogens (tertiary/aromatic N) is 4. The number of benzene rings is 1. The molecule has 0 atom stereocenters. The van der Waals surface area contributed by atoms with Crippen LogP contribution in [0.15, 0.2) is 30.3 Å². The molecule has 0 radical (unpaired) electrons. The topological polar surface area (TPSA) is 88.3 Å². The Bertz CT molecular complexity index is 667. The minimum absolute atomic E-state index is 0.179. The van der Waals surface area contributed by atoms with Crippen LogP contribution >= 0.6 is 0 Å². The maximum Gasteiger partial charge on any atom is 0.323 e. The highest BCUT2D eigenvalue weighted by Gasteiger charge is 2.24. The molecule has 116 valence electrons. The highest BCUT2D eigenvalue weighted by Crippen LogP contribution is 2.13. The number of hydrogen-bond donors (Lipinski definition) is 1. The van der Waals surface area contributed by atoms with Crippen LogP contribution < -0.4 is 0 Å². The van der Waals surface area contributed by atoms with Gasteiger partial charge in [-0.3, -0.25) is 9.59 Å². The molecular formula is C15H18N4O3. The van der Waals surface area contributed by atoms with E-state index in [0.29, 0.717) is 18.7 Å². The summed E-state index contributed by atoms with van der Waals surface area (Å²) >= 11 is 0. The molecule has 1 N–H and O–H groups in total. The second-order valence-corrected chi connectivity index (χ2v) is 4.89. The second kappa shape index (κ2) is 6.84. The summed E-state index contributed by atoms with van der Waals surface area (Å²) in [7, 11) is 0. The summed E-state index contributed by atoms with van der Waals surface area (Å²) in [5.41, 5.74) is 1.56. The average molecular weight is 302 g/mol. The van der Waals surface area contributed by atoms with E-state index in [2.05, 4.69) is 10.3 Å². The van der Waals surface area contributed by atoms with Crippen LogP contribution in [-0.4, -0.2) is 50.0 Å². The van der Waals surface area contributed by atoms with Crippen molar-refractivity contribution in [2.75, 3.05) is 13.1 Å². The van der Waals surface area contributed by atoms with Crippen molar-refractivity contribution >= 4 is 11.9 Å². The third-order valence-electron chi connectivity index (χ3n) is 3.20. The van der Waals surface area contributed by atoms with Crippen LogP contribution in [0.3, 0.4) is 0 Å². The lowest BCUT2D eigenvalue weighted by atomic mass is 10.2. The van der Waals surface area contributed by atoms with E-state index in [-0.39, 0.29) is 12.2 Å². The van der Waals surface area contributed by atoms with Crippen LogP contribution in [0.25, 0.3) is 5.69 Å². The lowest BCUT2D eigenvalue weighted by Gasteiger charge is -2.18. The first-order valence-electron chi connectivity index (χ1n) is 7.03. The average Bonchev–Trinajstić information content (AvgIpc) is 2.88. The van der Waals surface area contributed by atoms with Gasteiger partial charge < -0.3 is 10.0 Å². The maximum absolute atomic E-state index is 12.5. The molecule has 2 rings (SSSR count). The Hall–Kier alpha value is -2.70. The molecule has 22 heavy (non-hydrogen) atoms. The number of carbonyl (C=O) groups excluding carboxylic acids is 1. The van der Waals surface area contributed by atoms with Crippen molar-refractivity contribution in [2.24, 2.45) is 0 Å². The van der Waals surface area contributed by atoms with Crippen LogP contribution in [-0.2, 0) is 4.79 Å². The second-order valence-electron chi connectivity index (χ2n) is 4.89. The van der Waals surface area contributed by atoms with E-state index in [9.17, 15) is 9.59 Å². The lowest BCUT2D eigenvalue weighted by molar-refractivity contribution is -0.137. The molecule has 0 unspecified atom stereocenters. The normalized spacial score (nSPS) is 10.5. The summed E-state index contributed by atoms with van der Waals surface area (Å²) in [4.78, 5) is 24.7. The Labute approximate surface area is 128 Å². The van der Waals surface area contributed by atoms with Crippen LogP contribution in [0, 0.1) is 6.92 Å². The molecule has 1 amide bonds. The molecule has 1 aromatic carbocycles. The van der Waals surface area contributed by atoms with Gasteiger partial charge in [0.15, 0.2) is 5.69 Å². The summed E-state index contributed by atoms with van der Waals surface area (Å²) < 4.78 is 1.57. The van der Waals surface area contributed by atoms with Gasteiger partial charge in [-0.2, -0.15) is 0 Å². The summed E-state index contributed by atoms with van der Waals surface area (Å²) in [6, 6.07) is 9.34. The van der Waals surface area contributed by atoms with Crippen LogP contribution in [0.2, 0.25) is 0 Å². The smallest absolute Gasteiger partial charge is 0.323 e. The first kappa shape index (κ1) is 15.7. The van der Waals surface area contributed by atoms with E-state index in [1.807, 2.05) is 37.3 Å². The highest BCUT2D eigenvalue weighted by atomic mass is 16.4. The summed E-state index contributed by atoms with van der Waals surface area (Å²) in [6.45, 7) is 3.65. The van der Waals surface area contributed by atoms with E-state index in [1.54, 1.807) is 11.6 Å². The number of hydrogen-bond acceptors (Lipinski definition) is 4. The fourth-order valence-electron chi connectivity index (χ4n) is 2.18. The van der Waals surface area contributed by atoms with Crippen molar-refractivity contribution in [3.05, 3.63) is 41.7 Å². The minimum Gasteiger partial charge on any atom is -0.480 e. The molecular weight excluding hydrogens is 284 g/mol. The zero-order valence-electron chi connectivity index (χ0n) is 12.6. The molecule has 7 heteroatoms. The van der Waals surface area contributed by atoms with Crippen molar-refractivity contribution in [3.8, 4) is 5.69 Å². The molecule has 0 saturated carbocycles. The van der Waals surface area contributed by atoms with Gasteiger partial charge in [-0.25, -0.2) is 4.68 Å². The van der Waals surface area contributed by atoms with E-state index in [4.69, 9.17) is 5.11 Å². The zero-order chi connectivity index (χ0) is 16.1. The molecule has 0 spiro atoms. The Morgan fingerprint density at radius 3 is 2.55 bits per heavy atom. The number of aliphatic carboxylic acids is 1. The Morgan fingerprint density at radius 1 is 1.27 bits per heavy atom. The largest absolute Gasteiger partial charge is 0.480 e. The first-order chi connectivity index (χ1) is 10.5. The monoisotopic (exact) mass is 302 g/mol. The SMILES string of the molecule is CCCN(CC(=O)O)C(=O)c1nnn(-c2ccccc2)c1C. The molecule has 0 aliphatic heterocycles. The van der Waals surface area contributed by atoms with Crippen molar-refractivity contribution < 1.29 is 14.7 Å². The van der Waals surface area contributed by atoms with E-state index >= 15 is 0 Å². The summed E-state index contributed by atoms with van der Waals surface area (Å²) in [6.07, 6.45) is 0.672. The molecule has 0 aliphatic rings. The molecule has 0 fully saturated rings. The van der Waals surface area contributed by atoms with Crippen molar-refractivity contribution in [3.63, 3.8) is 0 Å². The van der Waals surface area contributed by atoms with Gasteiger partial charge in [-0.15, -0.1) is 5.10 Å². The predicted octanol–water partition coefficient (Wildman–Crippen LogP) is 1.51. The van der Waals surface area contributed by atoms with Gasteiger partial charge in [0.1, 0.15) is 6.54 Å². The van der Waals surface area contributed by atoms with Crippen molar-refractivity contribution in [2.45, 2.75) is 20.3 Å². The molecule has 0 saturated heterocycles. The molecule has 1 heterocycles. The number of carbonyl (C=O) groups is 2. The van der Waals surface area contributed by atoms with E-state index in [1.165, 1.54) is 4.90 Å². The number of carboxylic acid groups (broad SMARTS) is 1. The van der Waals surface area contributed by atoms with Gasteiger partial charge in [0.2, 0.25) is 0 Å². The van der Waals surface area contributed by atoms with Gasteiger partial charge >= 0.3 is 5.97 Å². The van der Waals surface area contributed by atoms with Crippen LogP contribution in [0.5, 0.6) is 0 Å². The van der Waals surface area contributed by atoms with E-state index < -0.39 is 11.9 Å². The number of para-hydroxylation sites is 1. The molecule has 0 bridgehead atoms. The molecule has 1 aromatic heterocycles. The van der Waals surface area contributed by atoms with Crippen molar-refractivity contribution in [1.82, 2.24) is 19.9 Å². The Morgan fingerprint density at radius 2 is 1.95 bits per heavy atom. The third-order valence-corrected chi connectivity index (χ3v) is 3.20. The quantitative estimate of drug-likeness (QED) is 0.874. The Kier molecular flexibility index (Phi) is 4.88. The van der Waals surface area contributed by atoms with Crippen LogP contribution in [0.4, 0.5) is 0 Å². The minimum atomic E-state index is -1.05. The third kappa shape index (κ3) is 3.30. The highest BCUT2D eigenvalue weighted by molar-refractivity contribution is 5.95. The molecule has 0 aliphatic carbocycles. The fourth-order valence-corrected chi connectivity index (χ4v) is 2.18. The van der Waals surface area contributed by atoms with Gasteiger partial charge in [0.05, 0.1) is 11.4 Å². The summed E-state index contributed by atoms with van der Waals surface area (Å²) in [5, 5.41) is 16.9. The standard InChI is InChI=1S/C15H18N4O3/c1-3-9-18(10-13(20)21)15(22)14-11(2)19(17-16-14)12-7-5-4-6-8-12/h4-8H,3,9-10H2,1-2H3,(H,20,21). The van der Waals surface area contributed by atoms with E-state index in [0.717, 1.165) is 5.69 Å². The predicted molar refractivity (Wildman–Crippen MR) is 79.9 cm³/mol. The Balaban J connectivity index is 2.30. The molecule has 7 nitrogen and oxygen atoms in total. The maximum atomic E-state index is 12.5. The summed E-state index contributed by atoms with van der Waals surface area (Å²) in [5.74, 6) is -1.46. The van der Waals surface area contributed by atoms with Gasteiger partial charge in [0.25, 0.3) is 5.91 Å². The fraction of sp³-hybridized carbons (Fsp3) is 0.333. The number of amides is 1. The van der Waals surface area contributed by atoms with Gasteiger partial charge in [-0.05, 0) is 25.5 Å². The van der Waals surface area contributed by atoms with Gasteiger partial charge in [0, 0.05) is 6.54 Å². The first-order valence-corrected chi connectivity index (χ1v) is 7.03. The molecule has 2 aromatic rings. The van der Waals surface area contributed by atoms with Crippen molar-refractivity contribution in [1.29, 1.82) is 0 Å². The van der Waals surface area contributed by atoms with Crippen LogP contribution in [0.1, 0.15) is 29.5 Å².